The summed E-state index contributed by atoms with van der Waals surface area (Å²) in [7, 11) is 0. The van der Waals surface area contributed by atoms with Crippen molar-refractivity contribution in [1.82, 2.24) is 15.1 Å². The minimum atomic E-state index is 0.501. The third-order valence-electron chi connectivity index (χ3n) is 3.29. The Balaban J connectivity index is 2.09. The first-order valence-corrected chi connectivity index (χ1v) is 7.34. The van der Waals surface area contributed by atoms with Crippen molar-refractivity contribution in [2.75, 3.05) is 11.9 Å². The Hall–Kier alpha value is -2.63. The van der Waals surface area contributed by atoms with E-state index >= 15 is 0 Å². The summed E-state index contributed by atoms with van der Waals surface area (Å²) in [5, 5.41) is 8.21. The molecule has 6 heteroatoms. The number of aromatic nitrogens is 3. The van der Waals surface area contributed by atoms with Crippen molar-refractivity contribution in [3.8, 4) is 5.75 Å². The number of para-hydroxylation sites is 2. The van der Waals surface area contributed by atoms with Crippen molar-refractivity contribution in [3.63, 3.8) is 0 Å². The zero-order valence-corrected chi connectivity index (χ0v) is 12.9. The number of rotatable bonds is 5. The maximum atomic E-state index is 5.64. The van der Waals surface area contributed by atoms with Gasteiger partial charge in [-0.3, -0.25) is 0 Å². The Morgan fingerprint density at radius 1 is 1.18 bits per heavy atom. The lowest BCUT2D eigenvalue weighted by Gasteiger charge is -2.12. The zero-order chi connectivity index (χ0) is 15.5. The Kier molecular flexibility index (Phi) is 3.91. The predicted molar refractivity (Wildman–Crippen MR) is 84.6 cm³/mol. The van der Waals surface area contributed by atoms with Gasteiger partial charge in [0.15, 0.2) is 0 Å². The van der Waals surface area contributed by atoms with E-state index in [4.69, 9.17) is 9.26 Å². The van der Waals surface area contributed by atoms with Gasteiger partial charge >= 0.3 is 0 Å². The van der Waals surface area contributed by atoms with Crippen molar-refractivity contribution in [3.05, 3.63) is 35.8 Å². The van der Waals surface area contributed by atoms with Crippen molar-refractivity contribution >= 4 is 22.6 Å². The minimum Gasteiger partial charge on any atom is -0.492 e. The lowest BCUT2D eigenvalue weighted by Crippen LogP contribution is -2.02. The van der Waals surface area contributed by atoms with E-state index in [-0.39, 0.29) is 0 Å². The molecule has 1 aromatic carbocycles. The molecule has 0 spiro atoms. The smallest absolute Gasteiger partial charge is 0.263 e. The van der Waals surface area contributed by atoms with Crippen LogP contribution in [0, 0.1) is 6.92 Å². The van der Waals surface area contributed by atoms with Gasteiger partial charge in [0.1, 0.15) is 22.8 Å². The largest absolute Gasteiger partial charge is 0.492 e. The normalized spacial score (nSPS) is 10.9. The zero-order valence-electron chi connectivity index (χ0n) is 12.9. The molecule has 0 fully saturated rings. The second-order valence-electron chi connectivity index (χ2n) is 4.84. The summed E-state index contributed by atoms with van der Waals surface area (Å²) in [5.41, 5.74) is 2.19. The van der Waals surface area contributed by atoms with Gasteiger partial charge in [-0.05, 0) is 32.4 Å². The van der Waals surface area contributed by atoms with E-state index in [2.05, 4.69) is 20.4 Å². The molecule has 0 unspecified atom stereocenters. The van der Waals surface area contributed by atoms with E-state index in [0.717, 1.165) is 28.9 Å². The summed E-state index contributed by atoms with van der Waals surface area (Å²) in [6.45, 7) is 6.41. The Morgan fingerprint density at radius 3 is 2.77 bits per heavy atom. The quantitative estimate of drug-likeness (QED) is 0.775. The van der Waals surface area contributed by atoms with Crippen LogP contribution in [0.25, 0.3) is 11.1 Å². The number of aryl methyl sites for hydroxylation is 2. The van der Waals surface area contributed by atoms with Crippen molar-refractivity contribution in [2.24, 2.45) is 0 Å². The summed E-state index contributed by atoms with van der Waals surface area (Å²) in [6.07, 6.45) is 0.751. The Bertz CT molecular complexity index is 798. The number of anilines is 2. The first-order valence-electron chi connectivity index (χ1n) is 7.34. The molecule has 0 aliphatic carbocycles. The second-order valence-corrected chi connectivity index (χ2v) is 4.84. The second kappa shape index (κ2) is 6.01. The molecule has 0 radical (unpaired) electrons. The van der Waals surface area contributed by atoms with E-state index in [1.165, 1.54) is 0 Å². The molecule has 0 saturated carbocycles. The van der Waals surface area contributed by atoms with Crippen LogP contribution in [0.5, 0.6) is 5.75 Å². The molecule has 2 aromatic heterocycles. The number of hydrogen-bond donors (Lipinski definition) is 1. The number of ether oxygens (including phenoxy) is 1. The van der Waals surface area contributed by atoms with Crippen LogP contribution in [0.1, 0.15) is 25.4 Å². The van der Waals surface area contributed by atoms with E-state index < -0.39 is 0 Å². The highest BCUT2D eigenvalue weighted by Crippen LogP contribution is 2.31. The lowest BCUT2D eigenvalue weighted by molar-refractivity contribution is 0.342. The van der Waals surface area contributed by atoms with Crippen LogP contribution in [0.3, 0.4) is 0 Å². The third-order valence-corrected chi connectivity index (χ3v) is 3.29. The fourth-order valence-electron chi connectivity index (χ4n) is 2.33. The van der Waals surface area contributed by atoms with E-state index in [9.17, 15) is 0 Å². The van der Waals surface area contributed by atoms with Crippen LogP contribution in [-0.2, 0) is 6.42 Å². The first kappa shape index (κ1) is 14.3. The summed E-state index contributed by atoms with van der Waals surface area (Å²) in [6, 6.07) is 7.76. The van der Waals surface area contributed by atoms with Gasteiger partial charge in [-0.1, -0.05) is 24.2 Å². The lowest BCUT2D eigenvalue weighted by atomic mass is 10.2. The van der Waals surface area contributed by atoms with E-state index in [0.29, 0.717) is 24.0 Å². The molecule has 3 aromatic rings. The monoisotopic (exact) mass is 298 g/mol. The molecular formula is C16H18N4O2. The molecule has 2 heterocycles. The highest BCUT2D eigenvalue weighted by Gasteiger charge is 2.16. The molecule has 0 atom stereocenters. The maximum absolute atomic E-state index is 5.64. The van der Waals surface area contributed by atoms with Crippen LogP contribution < -0.4 is 10.1 Å². The molecule has 3 rings (SSSR count). The van der Waals surface area contributed by atoms with Crippen LogP contribution in [0.2, 0.25) is 0 Å². The van der Waals surface area contributed by atoms with Crippen molar-refractivity contribution in [2.45, 2.75) is 27.2 Å². The number of fused-ring (bicyclic) bond motifs is 1. The fraction of sp³-hybridized carbons (Fsp3) is 0.312. The average molecular weight is 298 g/mol. The summed E-state index contributed by atoms with van der Waals surface area (Å²) in [4.78, 5) is 8.79. The maximum Gasteiger partial charge on any atom is 0.263 e. The molecule has 0 aliphatic rings. The SMILES string of the molecule is CCOc1ccccc1Nc1nc(C)nc2onc(CC)c12. The standard InChI is InChI=1S/C16H18N4O2/c1-4-11-14-15(17-10(3)18-16(14)22-20-11)19-12-8-6-7-9-13(12)21-5-2/h6-9H,4-5H2,1-3H3,(H,17,18,19). The topological polar surface area (TPSA) is 73.1 Å². The Morgan fingerprint density at radius 2 is 2.00 bits per heavy atom. The van der Waals surface area contributed by atoms with E-state index in [1.54, 1.807) is 0 Å². The number of benzene rings is 1. The van der Waals surface area contributed by atoms with Crippen LogP contribution in [-0.4, -0.2) is 21.7 Å². The van der Waals surface area contributed by atoms with Gasteiger partial charge in [-0.15, -0.1) is 0 Å². The molecule has 0 aliphatic heterocycles. The highest BCUT2D eigenvalue weighted by atomic mass is 16.5. The van der Waals surface area contributed by atoms with Crippen molar-refractivity contribution < 1.29 is 9.26 Å². The van der Waals surface area contributed by atoms with Crippen LogP contribution in [0.15, 0.2) is 28.8 Å². The average Bonchev–Trinajstić information content (AvgIpc) is 2.92. The predicted octanol–water partition coefficient (Wildman–Crippen LogP) is 3.63. The van der Waals surface area contributed by atoms with Crippen LogP contribution in [0.4, 0.5) is 11.5 Å². The molecule has 0 saturated heterocycles. The Labute approximate surface area is 128 Å². The highest BCUT2D eigenvalue weighted by molar-refractivity contribution is 5.90. The van der Waals surface area contributed by atoms with Gasteiger partial charge < -0.3 is 14.6 Å². The minimum absolute atomic E-state index is 0.501. The van der Waals surface area contributed by atoms with Crippen molar-refractivity contribution in [1.29, 1.82) is 0 Å². The molecule has 1 N–H and O–H groups in total. The summed E-state index contributed by atoms with van der Waals surface area (Å²) in [5.74, 6) is 2.10. The van der Waals surface area contributed by atoms with Gasteiger partial charge in [-0.2, -0.15) is 4.98 Å². The van der Waals surface area contributed by atoms with Gasteiger partial charge in [-0.25, -0.2) is 4.98 Å². The van der Waals surface area contributed by atoms with Gasteiger partial charge in [0.2, 0.25) is 0 Å². The molecule has 6 nitrogen and oxygen atoms in total. The molecule has 22 heavy (non-hydrogen) atoms. The fourth-order valence-corrected chi connectivity index (χ4v) is 2.33. The van der Waals surface area contributed by atoms with E-state index in [1.807, 2.05) is 45.0 Å². The summed E-state index contributed by atoms with van der Waals surface area (Å²) < 4.78 is 10.9. The summed E-state index contributed by atoms with van der Waals surface area (Å²) >= 11 is 0. The van der Waals surface area contributed by atoms with Gasteiger partial charge in [0, 0.05) is 0 Å². The first-order chi connectivity index (χ1) is 10.7. The molecule has 0 bridgehead atoms. The van der Waals surface area contributed by atoms with Gasteiger partial charge in [0.25, 0.3) is 5.71 Å². The molecule has 114 valence electrons. The number of nitrogens with zero attached hydrogens (tertiary/aromatic N) is 3. The molecule has 0 amide bonds. The number of hydrogen-bond acceptors (Lipinski definition) is 6. The van der Waals surface area contributed by atoms with Gasteiger partial charge in [0.05, 0.1) is 18.0 Å². The third kappa shape index (κ3) is 2.59. The number of nitrogens with one attached hydrogen (secondary N) is 1. The molecular weight excluding hydrogens is 280 g/mol. The van der Waals surface area contributed by atoms with Crippen LogP contribution >= 0.6 is 0 Å².